The third kappa shape index (κ3) is 2.36. The van der Waals surface area contributed by atoms with Crippen LogP contribution in [0.5, 0.6) is 0 Å². The molecule has 46 valence electrons. The van der Waals surface area contributed by atoms with Crippen molar-refractivity contribution in [2.45, 2.75) is 6.92 Å². The molecular weight excluding hydrogens is 104 g/mol. The molecule has 0 aliphatic heterocycles. The molecule has 0 saturated heterocycles. The molecule has 0 aliphatic carbocycles. The minimum Gasteiger partial charge on any atom is -0.366 e. The van der Waals surface area contributed by atoms with Gasteiger partial charge >= 0.3 is 0 Å². The lowest BCUT2D eigenvalue weighted by Crippen LogP contribution is -2.12. The summed E-state index contributed by atoms with van der Waals surface area (Å²) in [4.78, 5) is 10.2. The molecule has 0 spiro atoms. The fourth-order valence-electron chi connectivity index (χ4n) is 0.277. The van der Waals surface area contributed by atoms with Crippen LogP contribution in [0, 0.1) is 0 Å². The van der Waals surface area contributed by atoms with Gasteiger partial charge in [0, 0.05) is 12.1 Å². The minimum absolute atomic E-state index is 0.370. The summed E-state index contributed by atoms with van der Waals surface area (Å²) in [7, 11) is 0. The highest BCUT2D eigenvalue weighted by molar-refractivity contribution is 5.91. The second-order valence-electron chi connectivity index (χ2n) is 1.49. The van der Waals surface area contributed by atoms with Crippen molar-refractivity contribution in [3.05, 3.63) is 11.6 Å². The second kappa shape index (κ2) is 3.21. The summed E-state index contributed by atoms with van der Waals surface area (Å²) in [6.45, 7) is 2.00. The molecule has 0 radical (unpaired) electrons. The summed E-state index contributed by atoms with van der Waals surface area (Å²) in [5.41, 5.74) is 10.5. The van der Waals surface area contributed by atoms with Gasteiger partial charge in [0.25, 0.3) is 0 Å². The Labute approximate surface area is 48.4 Å². The van der Waals surface area contributed by atoms with Crippen molar-refractivity contribution in [3.8, 4) is 0 Å². The number of primary amides is 1. The maximum absolute atomic E-state index is 10.2. The molecule has 8 heavy (non-hydrogen) atoms. The largest absolute Gasteiger partial charge is 0.366 e. The summed E-state index contributed by atoms with van der Waals surface area (Å²) in [6, 6.07) is 0. The number of carbonyl (C=O) groups is 1. The topological polar surface area (TPSA) is 69.1 Å². The van der Waals surface area contributed by atoms with E-state index in [9.17, 15) is 4.79 Å². The van der Waals surface area contributed by atoms with E-state index in [0.717, 1.165) is 0 Å². The molecule has 0 aromatic rings. The SMILES string of the molecule is C/C(=C\CN)C(N)=O. The van der Waals surface area contributed by atoms with Crippen LogP contribution in [0.3, 0.4) is 0 Å². The summed E-state index contributed by atoms with van der Waals surface area (Å²) in [6.07, 6.45) is 1.59. The lowest BCUT2D eigenvalue weighted by atomic mass is 10.3. The van der Waals surface area contributed by atoms with E-state index in [1.54, 1.807) is 13.0 Å². The first-order valence-corrected chi connectivity index (χ1v) is 2.35. The third-order valence-electron chi connectivity index (χ3n) is 0.813. The van der Waals surface area contributed by atoms with Crippen LogP contribution in [0.15, 0.2) is 11.6 Å². The zero-order valence-corrected chi connectivity index (χ0v) is 4.85. The van der Waals surface area contributed by atoms with E-state index in [1.807, 2.05) is 0 Å². The van der Waals surface area contributed by atoms with Gasteiger partial charge in [-0.05, 0) is 6.92 Å². The zero-order valence-electron chi connectivity index (χ0n) is 4.85. The van der Waals surface area contributed by atoms with Crippen LogP contribution in [0.25, 0.3) is 0 Å². The molecule has 1 amide bonds. The van der Waals surface area contributed by atoms with Crippen molar-refractivity contribution in [3.63, 3.8) is 0 Å². The lowest BCUT2D eigenvalue weighted by molar-refractivity contribution is -0.114. The van der Waals surface area contributed by atoms with Gasteiger partial charge < -0.3 is 11.5 Å². The van der Waals surface area contributed by atoms with E-state index in [4.69, 9.17) is 11.5 Å². The van der Waals surface area contributed by atoms with E-state index < -0.39 is 5.91 Å². The maximum atomic E-state index is 10.2. The van der Waals surface area contributed by atoms with Crippen LogP contribution in [-0.4, -0.2) is 12.5 Å². The first-order valence-electron chi connectivity index (χ1n) is 2.35. The highest BCUT2D eigenvalue weighted by Crippen LogP contribution is 1.85. The molecule has 0 aromatic heterocycles. The lowest BCUT2D eigenvalue weighted by Gasteiger charge is -1.88. The highest BCUT2D eigenvalue weighted by Gasteiger charge is 1.92. The van der Waals surface area contributed by atoms with E-state index in [1.165, 1.54) is 0 Å². The molecule has 0 saturated carbocycles. The van der Waals surface area contributed by atoms with E-state index in [0.29, 0.717) is 12.1 Å². The summed E-state index contributed by atoms with van der Waals surface area (Å²) >= 11 is 0. The normalized spacial score (nSPS) is 11.5. The van der Waals surface area contributed by atoms with Crippen molar-refractivity contribution in [1.29, 1.82) is 0 Å². The second-order valence-corrected chi connectivity index (χ2v) is 1.49. The smallest absolute Gasteiger partial charge is 0.244 e. The predicted octanol–water partition coefficient (Wildman–Crippen LogP) is -0.623. The van der Waals surface area contributed by atoms with Gasteiger partial charge in [-0.2, -0.15) is 0 Å². The van der Waals surface area contributed by atoms with Gasteiger partial charge in [0.2, 0.25) is 5.91 Å². The molecule has 0 aliphatic rings. The van der Waals surface area contributed by atoms with Crippen LogP contribution in [0.4, 0.5) is 0 Å². The number of rotatable bonds is 2. The average Bonchev–Trinajstić information content (AvgIpc) is 1.67. The van der Waals surface area contributed by atoms with E-state index >= 15 is 0 Å². The molecule has 0 aromatic carbocycles. The predicted molar refractivity (Wildman–Crippen MR) is 32.0 cm³/mol. The number of nitrogens with two attached hydrogens (primary N) is 2. The average molecular weight is 114 g/mol. The molecule has 0 bridgehead atoms. The molecular formula is C5H10N2O. The Morgan fingerprint density at radius 2 is 2.25 bits per heavy atom. The van der Waals surface area contributed by atoms with Crippen molar-refractivity contribution < 1.29 is 4.79 Å². The van der Waals surface area contributed by atoms with Gasteiger partial charge in [0.05, 0.1) is 0 Å². The Bertz CT molecular complexity index is 118. The quantitative estimate of drug-likeness (QED) is 0.469. The van der Waals surface area contributed by atoms with Crippen LogP contribution >= 0.6 is 0 Å². The molecule has 0 heterocycles. The van der Waals surface area contributed by atoms with Crippen LogP contribution in [0.1, 0.15) is 6.92 Å². The van der Waals surface area contributed by atoms with Crippen LogP contribution in [0.2, 0.25) is 0 Å². The Morgan fingerprint density at radius 3 is 2.38 bits per heavy atom. The fraction of sp³-hybridized carbons (Fsp3) is 0.400. The number of hydrogen-bond donors (Lipinski definition) is 2. The molecule has 4 N–H and O–H groups in total. The van der Waals surface area contributed by atoms with Crippen molar-refractivity contribution in [1.82, 2.24) is 0 Å². The molecule has 0 fully saturated rings. The van der Waals surface area contributed by atoms with E-state index in [-0.39, 0.29) is 0 Å². The van der Waals surface area contributed by atoms with Crippen LogP contribution in [-0.2, 0) is 4.79 Å². The zero-order chi connectivity index (χ0) is 6.57. The Morgan fingerprint density at radius 1 is 1.75 bits per heavy atom. The van der Waals surface area contributed by atoms with Gasteiger partial charge in [-0.1, -0.05) is 6.08 Å². The Balaban J connectivity index is 3.80. The van der Waals surface area contributed by atoms with Crippen LogP contribution < -0.4 is 11.5 Å². The summed E-state index contributed by atoms with van der Waals surface area (Å²) in [5.74, 6) is -0.407. The monoisotopic (exact) mass is 114 g/mol. The third-order valence-corrected chi connectivity index (χ3v) is 0.813. The fourth-order valence-corrected chi connectivity index (χ4v) is 0.277. The van der Waals surface area contributed by atoms with Gasteiger partial charge in [-0.3, -0.25) is 4.79 Å². The molecule has 0 rings (SSSR count). The van der Waals surface area contributed by atoms with E-state index in [2.05, 4.69) is 0 Å². The summed E-state index contributed by atoms with van der Waals surface area (Å²) < 4.78 is 0. The van der Waals surface area contributed by atoms with Crippen molar-refractivity contribution >= 4 is 5.91 Å². The Kier molecular flexibility index (Phi) is 2.88. The summed E-state index contributed by atoms with van der Waals surface area (Å²) in [5, 5.41) is 0. The first-order chi connectivity index (χ1) is 3.68. The van der Waals surface area contributed by atoms with Crippen molar-refractivity contribution in [2.75, 3.05) is 6.54 Å². The van der Waals surface area contributed by atoms with Gasteiger partial charge in [-0.15, -0.1) is 0 Å². The molecule has 3 heteroatoms. The van der Waals surface area contributed by atoms with Crippen molar-refractivity contribution in [2.24, 2.45) is 11.5 Å². The number of amides is 1. The minimum atomic E-state index is -0.407. The first kappa shape index (κ1) is 7.17. The number of hydrogen-bond acceptors (Lipinski definition) is 2. The van der Waals surface area contributed by atoms with Gasteiger partial charge in [-0.25, -0.2) is 0 Å². The highest BCUT2D eigenvalue weighted by atomic mass is 16.1. The standard InChI is InChI=1S/C5H10N2O/c1-4(2-3-6)5(7)8/h2H,3,6H2,1H3,(H2,7,8)/b4-2+. The number of carbonyl (C=O) groups excluding carboxylic acids is 1. The maximum Gasteiger partial charge on any atom is 0.244 e. The Hall–Kier alpha value is -0.830. The molecule has 0 unspecified atom stereocenters. The van der Waals surface area contributed by atoms with Gasteiger partial charge in [0.1, 0.15) is 0 Å². The van der Waals surface area contributed by atoms with Gasteiger partial charge in [0.15, 0.2) is 0 Å². The molecule has 0 atom stereocenters. The molecule has 3 nitrogen and oxygen atoms in total.